The molecule has 10 nitrogen and oxygen atoms in total. The number of carbonyl (C=O) groups is 3. The normalized spacial score (nSPS) is 12.8. The average Bonchev–Trinajstić information content (AvgIpc) is 3.21. The molecule has 1 aliphatic rings. The van der Waals surface area contributed by atoms with E-state index in [0.717, 1.165) is 11.6 Å². The summed E-state index contributed by atoms with van der Waals surface area (Å²) in [6, 6.07) is 10.1. The number of nitrogens with one attached hydrogen (secondary N) is 2. The summed E-state index contributed by atoms with van der Waals surface area (Å²) >= 11 is 0. The highest BCUT2D eigenvalue weighted by atomic mass is 32.2. The third-order valence-electron chi connectivity index (χ3n) is 4.83. The number of rotatable bonds is 7. The first kappa shape index (κ1) is 24.1. The first-order chi connectivity index (χ1) is 15.6. The lowest BCUT2D eigenvalue weighted by molar-refractivity contribution is -0.123. The van der Waals surface area contributed by atoms with Crippen molar-refractivity contribution in [3.05, 3.63) is 53.6 Å². The second-order valence-corrected chi connectivity index (χ2v) is 9.43. The number of imide groups is 1. The van der Waals surface area contributed by atoms with Gasteiger partial charge in [-0.2, -0.15) is 0 Å². The lowest BCUT2D eigenvalue weighted by Gasteiger charge is -2.20. The van der Waals surface area contributed by atoms with E-state index in [1.807, 2.05) is 17.4 Å². The number of carbonyl (C=O) groups excluding carboxylic acids is 3. The van der Waals surface area contributed by atoms with E-state index < -0.39 is 34.5 Å². The Morgan fingerprint density at radius 3 is 2.55 bits per heavy atom. The van der Waals surface area contributed by atoms with Gasteiger partial charge in [-0.3, -0.25) is 14.4 Å². The molecule has 0 radical (unpaired) electrons. The molecule has 0 spiro atoms. The zero-order valence-corrected chi connectivity index (χ0v) is 19.3. The van der Waals surface area contributed by atoms with E-state index in [1.54, 1.807) is 26.0 Å². The molecule has 3 rings (SSSR count). The Morgan fingerprint density at radius 1 is 1.12 bits per heavy atom. The highest BCUT2D eigenvalue weighted by molar-refractivity contribution is 7.92. The number of esters is 1. The Morgan fingerprint density at radius 2 is 1.85 bits per heavy atom. The van der Waals surface area contributed by atoms with Crippen molar-refractivity contribution in [1.82, 2.24) is 10.6 Å². The number of benzene rings is 2. The van der Waals surface area contributed by atoms with Gasteiger partial charge in [-0.15, -0.1) is 0 Å². The smallest absolute Gasteiger partial charge is 0.342 e. The van der Waals surface area contributed by atoms with Crippen LogP contribution < -0.4 is 19.7 Å². The van der Waals surface area contributed by atoms with E-state index in [9.17, 15) is 22.8 Å². The third-order valence-corrected chi connectivity index (χ3v) is 6.64. The summed E-state index contributed by atoms with van der Waals surface area (Å²) in [5.41, 5.74) is 1.35. The number of para-hydroxylation sites is 1. The van der Waals surface area contributed by atoms with Gasteiger partial charge in [0.2, 0.25) is 0 Å². The molecule has 176 valence electrons. The lowest BCUT2D eigenvalue weighted by Crippen LogP contribution is -2.44. The van der Waals surface area contributed by atoms with Crippen LogP contribution in [0, 0.1) is 0 Å². The molecule has 33 heavy (non-hydrogen) atoms. The van der Waals surface area contributed by atoms with Crippen molar-refractivity contribution in [2.24, 2.45) is 0 Å². The van der Waals surface area contributed by atoms with E-state index in [0.29, 0.717) is 12.1 Å². The van der Waals surface area contributed by atoms with E-state index >= 15 is 0 Å². The number of amides is 3. The van der Waals surface area contributed by atoms with Crippen LogP contribution >= 0.6 is 0 Å². The van der Waals surface area contributed by atoms with Crippen molar-refractivity contribution in [3.63, 3.8) is 0 Å². The summed E-state index contributed by atoms with van der Waals surface area (Å²) in [5.74, 6) is -1.72. The molecule has 1 heterocycles. The number of sulfonamides is 1. The molecule has 11 heteroatoms. The Balaban J connectivity index is 1.78. The van der Waals surface area contributed by atoms with Gasteiger partial charge in [0, 0.05) is 12.6 Å². The van der Waals surface area contributed by atoms with Gasteiger partial charge < -0.3 is 14.8 Å². The van der Waals surface area contributed by atoms with Gasteiger partial charge in [-0.25, -0.2) is 18.0 Å². The van der Waals surface area contributed by atoms with Crippen LogP contribution in [0.4, 0.5) is 10.5 Å². The first-order valence-corrected chi connectivity index (χ1v) is 11.6. The number of urea groups is 1. The van der Waals surface area contributed by atoms with E-state index in [-0.39, 0.29) is 28.8 Å². The van der Waals surface area contributed by atoms with E-state index in [1.165, 1.54) is 23.5 Å². The molecule has 2 N–H and O–H groups in total. The fourth-order valence-electron chi connectivity index (χ4n) is 3.36. The predicted molar refractivity (Wildman–Crippen MR) is 120 cm³/mol. The SMILES string of the molecule is COc1ccc(S(=O)(=O)N2CCc3ccccc32)cc1C(=O)OCC(=O)NC(=O)NC(C)C. The molecule has 0 saturated carbocycles. The highest BCUT2D eigenvalue weighted by Crippen LogP contribution is 2.34. The van der Waals surface area contributed by atoms with Gasteiger partial charge in [0.25, 0.3) is 15.9 Å². The summed E-state index contributed by atoms with van der Waals surface area (Å²) in [5, 5.41) is 4.50. The summed E-state index contributed by atoms with van der Waals surface area (Å²) in [7, 11) is -2.63. The van der Waals surface area contributed by atoms with Crippen LogP contribution in [0.1, 0.15) is 29.8 Å². The van der Waals surface area contributed by atoms with Crippen molar-refractivity contribution in [2.45, 2.75) is 31.2 Å². The monoisotopic (exact) mass is 475 g/mol. The number of hydrogen-bond acceptors (Lipinski definition) is 7. The fourth-order valence-corrected chi connectivity index (χ4v) is 4.89. The van der Waals surface area contributed by atoms with E-state index in [4.69, 9.17) is 9.47 Å². The molecule has 2 aromatic carbocycles. The first-order valence-electron chi connectivity index (χ1n) is 10.2. The largest absolute Gasteiger partial charge is 0.496 e. The minimum absolute atomic E-state index is 0.0822. The minimum Gasteiger partial charge on any atom is -0.496 e. The molecule has 1 aliphatic heterocycles. The van der Waals surface area contributed by atoms with Gasteiger partial charge in [0.15, 0.2) is 6.61 Å². The number of hydrogen-bond donors (Lipinski definition) is 2. The zero-order valence-electron chi connectivity index (χ0n) is 18.5. The number of nitrogens with zero attached hydrogens (tertiary/aromatic N) is 1. The lowest BCUT2D eigenvalue weighted by atomic mass is 10.2. The number of ether oxygens (including phenoxy) is 2. The van der Waals surface area contributed by atoms with Crippen molar-refractivity contribution in [1.29, 1.82) is 0 Å². The van der Waals surface area contributed by atoms with Crippen LogP contribution in [0.2, 0.25) is 0 Å². The molecular weight excluding hydrogens is 450 g/mol. The van der Waals surface area contributed by atoms with Gasteiger partial charge in [-0.1, -0.05) is 18.2 Å². The molecule has 3 amide bonds. The molecule has 0 atom stereocenters. The van der Waals surface area contributed by atoms with Gasteiger partial charge >= 0.3 is 12.0 Å². The molecular formula is C22H25N3O7S. The van der Waals surface area contributed by atoms with Gasteiger partial charge in [-0.05, 0) is 50.1 Å². The highest BCUT2D eigenvalue weighted by Gasteiger charge is 2.32. The van der Waals surface area contributed by atoms with Crippen molar-refractivity contribution < 1.29 is 32.3 Å². The molecule has 0 aromatic heterocycles. The average molecular weight is 476 g/mol. The maximum absolute atomic E-state index is 13.3. The summed E-state index contributed by atoms with van der Waals surface area (Å²) in [6.45, 7) is 2.99. The van der Waals surface area contributed by atoms with Crippen LogP contribution in [0.15, 0.2) is 47.4 Å². The molecule has 0 bridgehead atoms. The predicted octanol–water partition coefficient (Wildman–Crippen LogP) is 1.84. The Labute approximate surface area is 191 Å². The number of methoxy groups -OCH3 is 1. The zero-order chi connectivity index (χ0) is 24.2. The van der Waals surface area contributed by atoms with Crippen molar-refractivity contribution in [2.75, 3.05) is 24.6 Å². The van der Waals surface area contributed by atoms with Crippen molar-refractivity contribution >= 4 is 33.6 Å². The van der Waals surface area contributed by atoms with Crippen molar-refractivity contribution in [3.8, 4) is 5.75 Å². The Kier molecular flexibility index (Phi) is 7.22. The molecule has 0 aliphatic carbocycles. The third kappa shape index (κ3) is 5.43. The summed E-state index contributed by atoms with van der Waals surface area (Å²) < 4.78 is 38.0. The molecule has 0 unspecified atom stereocenters. The second kappa shape index (κ2) is 9.90. The summed E-state index contributed by atoms with van der Waals surface area (Å²) in [4.78, 5) is 35.9. The van der Waals surface area contributed by atoms with E-state index in [2.05, 4.69) is 5.32 Å². The Bertz CT molecular complexity index is 1180. The quantitative estimate of drug-likeness (QED) is 0.584. The molecule has 2 aromatic rings. The number of fused-ring (bicyclic) bond motifs is 1. The van der Waals surface area contributed by atoms with Crippen LogP contribution in [-0.2, 0) is 26.0 Å². The van der Waals surface area contributed by atoms with Crippen LogP contribution in [0.3, 0.4) is 0 Å². The molecule has 0 fully saturated rings. The fraction of sp³-hybridized carbons (Fsp3) is 0.318. The molecule has 0 saturated heterocycles. The second-order valence-electron chi connectivity index (χ2n) is 7.57. The van der Waals surface area contributed by atoms with Crippen LogP contribution in [-0.4, -0.2) is 52.6 Å². The number of anilines is 1. The Hall–Kier alpha value is -3.60. The van der Waals surface area contributed by atoms with Gasteiger partial charge in [0.1, 0.15) is 11.3 Å². The maximum Gasteiger partial charge on any atom is 0.342 e. The van der Waals surface area contributed by atoms with Crippen LogP contribution in [0.25, 0.3) is 0 Å². The van der Waals surface area contributed by atoms with Crippen LogP contribution in [0.5, 0.6) is 5.75 Å². The summed E-state index contributed by atoms with van der Waals surface area (Å²) in [6.07, 6.45) is 0.583. The maximum atomic E-state index is 13.3. The topological polar surface area (TPSA) is 131 Å². The standard InChI is InChI=1S/C22H25N3O7S/c1-14(2)23-22(28)24-20(26)13-32-21(27)17-12-16(8-9-19(17)31-3)33(29,30)25-11-10-15-6-4-5-7-18(15)25/h4-9,12,14H,10-11,13H2,1-3H3,(H2,23,24,26,28). The minimum atomic E-state index is -3.95. The van der Waals surface area contributed by atoms with Gasteiger partial charge in [0.05, 0.1) is 17.7 Å².